The number of aromatic nitrogens is 3. The molecule has 1 aliphatic heterocycles. The minimum atomic E-state index is -0.533. The van der Waals surface area contributed by atoms with Crippen molar-refractivity contribution in [3.8, 4) is 56.4 Å². The van der Waals surface area contributed by atoms with E-state index >= 15 is 0 Å². The molecule has 0 amide bonds. The second kappa shape index (κ2) is 13.6. The zero-order chi connectivity index (χ0) is 39.6. The molecule has 0 fully saturated rings. The summed E-state index contributed by atoms with van der Waals surface area (Å²) in [5, 5.41) is 2.20. The Morgan fingerprint density at radius 2 is 0.817 bits per heavy atom. The van der Waals surface area contributed by atoms with Crippen LogP contribution in [0.25, 0.3) is 67.2 Å². The van der Waals surface area contributed by atoms with Crippen LogP contribution in [0.2, 0.25) is 0 Å². The largest absolute Gasteiger partial charge is 0.310 e. The molecule has 2 heterocycles. The molecule has 4 nitrogen and oxygen atoms in total. The average Bonchev–Trinajstić information content (AvgIpc) is 3.62. The molecule has 0 saturated carbocycles. The van der Waals surface area contributed by atoms with E-state index in [1.807, 2.05) is 36.4 Å². The van der Waals surface area contributed by atoms with Crippen LogP contribution in [0, 0.1) is 0 Å². The van der Waals surface area contributed by atoms with Gasteiger partial charge in [-0.2, -0.15) is 0 Å². The van der Waals surface area contributed by atoms with Crippen molar-refractivity contribution in [2.24, 2.45) is 0 Å². The van der Waals surface area contributed by atoms with Gasteiger partial charge < -0.3 is 4.90 Å². The van der Waals surface area contributed by atoms with Gasteiger partial charge in [0.2, 0.25) is 0 Å². The van der Waals surface area contributed by atoms with Crippen LogP contribution in [-0.4, -0.2) is 15.0 Å². The van der Waals surface area contributed by atoms with Gasteiger partial charge in [0.05, 0.1) is 16.8 Å². The normalized spacial score (nSPS) is 13.1. The lowest BCUT2D eigenvalue weighted by Crippen LogP contribution is -2.36. The lowest BCUT2D eigenvalue weighted by molar-refractivity contribution is 0.753. The topological polar surface area (TPSA) is 41.9 Å². The van der Waals surface area contributed by atoms with E-state index in [0.29, 0.717) is 17.5 Å². The second-order valence-electron chi connectivity index (χ2n) is 15.5. The highest BCUT2D eigenvalue weighted by molar-refractivity contribution is 6.00. The van der Waals surface area contributed by atoms with Crippen LogP contribution in [-0.2, 0) is 5.41 Å². The molecule has 60 heavy (non-hydrogen) atoms. The minimum Gasteiger partial charge on any atom is -0.310 e. The van der Waals surface area contributed by atoms with E-state index in [4.69, 9.17) is 15.0 Å². The summed E-state index contributed by atoms with van der Waals surface area (Å²) in [6, 6.07) is 78.3. The van der Waals surface area contributed by atoms with E-state index in [1.54, 1.807) is 0 Å². The summed E-state index contributed by atoms with van der Waals surface area (Å²) >= 11 is 0. The van der Waals surface area contributed by atoms with E-state index in [0.717, 1.165) is 44.3 Å². The molecule has 0 saturated heterocycles. The molecule has 9 aromatic carbocycles. The predicted octanol–water partition coefficient (Wildman–Crippen LogP) is 13.8. The van der Waals surface area contributed by atoms with Gasteiger partial charge in [-0.3, -0.25) is 0 Å². The van der Waals surface area contributed by atoms with Gasteiger partial charge >= 0.3 is 0 Å². The van der Waals surface area contributed by atoms with Crippen LogP contribution in [0.3, 0.4) is 0 Å². The third kappa shape index (κ3) is 5.14. The summed E-state index contributed by atoms with van der Waals surface area (Å²) in [5.41, 5.74) is 15.8. The molecule has 12 rings (SSSR count). The van der Waals surface area contributed by atoms with Crippen molar-refractivity contribution < 1.29 is 0 Å². The molecule has 0 N–H and O–H groups in total. The average molecular weight is 765 g/mol. The summed E-state index contributed by atoms with van der Waals surface area (Å²) in [6.07, 6.45) is 0. The highest BCUT2D eigenvalue weighted by atomic mass is 15.2. The number of anilines is 3. The van der Waals surface area contributed by atoms with Crippen molar-refractivity contribution in [3.05, 3.63) is 241 Å². The molecule has 4 heteroatoms. The maximum absolute atomic E-state index is 5.13. The van der Waals surface area contributed by atoms with Crippen molar-refractivity contribution >= 4 is 27.8 Å². The van der Waals surface area contributed by atoms with E-state index in [9.17, 15) is 0 Å². The van der Waals surface area contributed by atoms with Crippen molar-refractivity contribution in [1.29, 1.82) is 0 Å². The molecule has 280 valence electrons. The summed E-state index contributed by atoms with van der Waals surface area (Å²) in [7, 11) is 0. The molecule has 0 unspecified atom stereocenters. The fraction of sp³-hybridized carbons (Fsp3) is 0.0179. The van der Waals surface area contributed by atoms with Crippen LogP contribution in [0.1, 0.15) is 22.3 Å². The predicted molar refractivity (Wildman–Crippen MR) is 245 cm³/mol. The molecule has 10 aromatic rings. The smallest absolute Gasteiger partial charge is 0.164 e. The Morgan fingerprint density at radius 3 is 1.48 bits per heavy atom. The summed E-state index contributed by atoms with van der Waals surface area (Å²) in [6.45, 7) is 0. The molecule has 1 aliphatic carbocycles. The fourth-order valence-electron chi connectivity index (χ4n) is 9.72. The maximum atomic E-state index is 5.13. The summed E-state index contributed by atoms with van der Waals surface area (Å²) in [5.74, 6) is 1.94. The number of fused-ring (bicyclic) bond motifs is 10. The summed E-state index contributed by atoms with van der Waals surface area (Å²) < 4.78 is 0. The third-order valence-electron chi connectivity index (χ3n) is 12.3. The molecule has 1 spiro atoms. The number of rotatable bonds is 5. The first kappa shape index (κ1) is 34.1. The Bertz CT molecular complexity index is 3170. The minimum absolute atomic E-state index is 0.533. The number of hydrogen-bond acceptors (Lipinski definition) is 4. The maximum Gasteiger partial charge on any atom is 0.164 e. The van der Waals surface area contributed by atoms with Gasteiger partial charge in [-0.05, 0) is 91.7 Å². The molecular formula is C56H36N4. The Labute approximate surface area is 348 Å². The Hall–Kier alpha value is -7.95. The Kier molecular flexibility index (Phi) is 7.72. The highest BCUT2D eigenvalue weighted by Crippen LogP contribution is 2.63. The van der Waals surface area contributed by atoms with Crippen LogP contribution in [0.4, 0.5) is 17.1 Å². The molecule has 0 atom stereocenters. The molecule has 1 aromatic heterocycles. The van der Waals surface area contributed by atoms with Gasteiger partial charge in [-0.1, -0.05) is 182 Å². The number of nitrogens with zero attached hydrogens (tertiary/aromatic N) is 4. The molecule has 0 radical (unpaired) electrons. The zero-order valence-electron chi connectivity index (χ0n) is 32.6. The van der Waals surface area contributed by atoms with E-state index in [2.05, 4.69) is 187 Å². The number of para-hydroxylation sites is 2. The lowest BCUT2D eigenvalue weighted by Gasteiger charge is -2.45. The first-order chi connectivity index (χ1) is 29.8. The number of benzene rings is 9. The fourth-order valence-corrected chi connectivity index (χ4v) is 9.72. The Morgan fingerprint density at radius 1 is 0.317 bits per heavy atom. The van der Waals surface area contributed by atoms with Gasteiger partial charge in [0.15, 0.2) is 17.5 Å². The third-order valence-corrected chi connectivity index (χ3v) is 12.3. The van der Waals surface area contributed by atoms with Gasteiger partial charge in [-0.15, -0.1) is 0 Å². The van der Waals surface area contributed by atoms with Crippen molar-refractivity contribution in [2.45, 2.75) is 5.41 Å². The molecule has 0 bridgehead atoms. The Balaban J connectivity index is 1.09. The standard InChI is InChI=1S/C56H36N4/c1-4-17-38(18-5-1)53-57-54(39-19-6-2-7-20-39)59-55(58-53)45-26-16-21-37-31-32-40(35-46(37)45)41-33-34-52-50(36-41)56(47-27-12-10-24-43(47)44-25-11-13-28-48(44)56)49-29-14-15-30-51(49)60(52)42-22-8-3-9-23-42/h1-36H. The van der Waals surface area contributed by atoms with Gasteiger partial charge in [0, 0.05) is 22.4 Å². The first-order valence-corrected chi connectivity index (χ1v) is 20.4. The van der Waals surface area contributed by atoms with Crippen molar-refractivity contribution in [2.75, 3.05) is 4.90 Å². The first-order valence-electron chi connectivity index (χ1n) is 20.4. The van der Waals surface area contributed by atoms with Crippen LogP contribution >= 0.6 is 0 Å². The highest BCUT2D eigenvalue weighted by Gasteiger charge is 2.51. The van der Waals surface area contributed by atoms with Crippen molar-refractivity contribution in [3.63, 3.8) is 0 Å². The lowest BCUT2D eigenvalue weighted by atomic mass is 9.64. The van der Waals surface area contributed by atoms with E-state index < -0.39 is 5.41 Å². The molecular weight excluding hydrogens is 729 g/mol. The monoisotopic (exact) mass is 764 g/mol. The van der Waals surface area contributed by atoms with Gasteiger partial charge in [0.1, 0.15) is 0 Å². The quantitative estimate of drug-likeness (QED) is 0.175. The van der Waals surface area contributed by atoms with Crippen LogP contribution in [0.5, 0.6) is 0 Å². The SMILES string of the molecule is c1ccc(-c2nc(-c3ccccc3)nc(-c3cccc4ccc(-c5ccc6c(c5)C5(c7ccccc7-c7ccccc75)c5ccccc5N6c5ccccc5)cc34)n2)cc1. The van der Waals surface area contributed by atoms with Crippen LogP contribution in [0.15, 0.2) is 218 Å². The number of hydrogen-bond donors (Lipinski definition) is 0. The second-order valence-corrected chi connectivity index (χ2v) is 15.5. The zero-order valence-corrected chi connectivity index (χ0v) is 32.6. The molecule has 2 aliphatic rings. The van der Waals surface area contributed by atoms with Gasteiger partial charge in [-0.25, -0.2) is 15.0 Å². The van der Waals surface area contributed by atoms with Gasteiger partial charge in [0.25, 0.3) is 0 Å². The van der Waals surface area contributed by atoms with Crippen molar-refractivity contribution in [1.82, 2.24) is 15.0 Å². The van der Waals surface area contributed by atoms with E-state index in [-0.39, 0.29) is 0 Å². The van der Waals surface area contributed by atoms with Crippen LogP contribution < -0.4 is 4.90 Å². The summed E-state index contributed by atoms with van der Waals surface area (Å²) in [4.78, 5) is 17.7. The van der Waals surface area contributed by atoms with E-state index in [1.165, 1.54) is 44.8 Å².